The number of hydrogen-bond acceptors (Lipinski definition) is 2. The minimum Gasteiger partial charge on any atom is -0.384 e. The molecule has 0 aromatic heterocycles. The molecule has 112 valence electrons. The summed E-state index contributed by atoms with van der Waals surface area (Å²) >= 11 is 0. The SMILES string of the molecule is CC(C)(C)C1CCN(CCNc2cccc(F)c2)CC1. The molecule has 1 saturated heterocycles. The summed E-state index contributed by atoms with van der Waals surface area (Å²) in [7, 11) is 0. The van der Waals surface area contributed by atoms with E-state index in [9.17, 15) is 4.39 Å². The molecule has 2 nitrogen and oxygen atoms in total. The van der Waals surface area contributed by atoms with Crippen molar-refractivity contribution in [1.29, 1.82) is 0 Å². The van der Waals surface area contributed by atoms with Crippen molar-refractivity contribution in [2.24, 2.45) is 11.3 Å². The Bertz CT molecular complexity index is 417. The Morgan fingerprint density at radius 2 is 1.95 bits per heavy atom. The Balaban J connectivity index is 1.69. The highest BCUT2D eigenvalue weighted by molar-refractivity contribution is 5.42. The Morgan fingerprint density at radius 1 is 1.25 bits per heavy atom. The summed E-state index contributed by atoms with van der Waals surface area (Å²) < 4.78 is 13.1. The van der Waals surface area contributed by atoms with Gasteiger partial charge in [-0.1, -0.05) is 26.8 Å². The number of halogens is 1. The van der Waals surface area contributed by atoms with Crippen LogP contribution in [0, 0.1) is 17.2 Å². The number of anilines is 1. The Labute approximate surface area is 122 Å². The lowest BCUT2D eigenvalue weighted by Gasteiger charge is -2.38. The minimum atomic E-state index is -0.180. The van der Waals surface area contributed by atoms with E-state index >= 15 is 0 Å². The molecule has 1 fully saturated rings. The summed E-state index contributed by atoms with van der Waals surface area (Å²) in [5.74, 6) is 0.663. The van der Waals surface area contributed by atoms with Gasteiger partial charge in [-0.3, -0.25) is 0 Å². The molecule has 20 heavy (non-hydrogen) atoms. The zero-order chi connectivity index (χ0) is 14.6. The van der Waals surface area contributed by atoms with Crippen molar-refractivity contribution < 1.29 is 4.39 Å². The van der Waals surface area contributed by atoms with Crippen molar-refractivity contribution in [2.45, 2.75) is 33.6 Å². The van der Waals surface area contributed by atoms with Gasteiger partial charge in [0, 0.05) is 18.8 Å². The van der Waals surface area contributed by atoms with Gasteiger partial charge < -0.3 is 10.2 Å². The normalized spacial score (nSPS) is 18.2. The van der Waals surface area contributed by atoms with Crippen LogP contribution in [0.3, 0.4) is 0 Å². The van der Waals surface area contributed by atoms with Crippen LogP contribution in [-0.4, -0.2) is 31.1 Å². The van der Waals surface area contributed by atoms with E-state index in [1.807, 2.05) is 6.07 Å². The molecule has 1 aromatic rings. The van der Waals surface area contributed by atoms with Crippen LogP contribution in [0.2, 0.25) is 0 Å². The van der Waals surface area contributed by atoms with Crippen molar-refractivity contribution in [1.82, 2.24) is 4.90 Å². The smallest absolute Gasteiger partial charge is 0.125 e. The van der Waals surface area contributed by atoms with Crippen LogP contribution in [0.1, 0.15) is 33.6 Å². The molecule has 0 amide bonds. The fraction of sp³-hybridized carbons (Fsp3) is 0.647. The molecule has 1 aromatic carbocycles. The maximum Gasteiger partial charge on any atom is 0.125 e. The number of piperidine rings is 1. The number of rotatable bonds is 4. The first-order valence-electron chi connectivity index (χ1n) is 7.67. The van der Waals surface area contributed by atoms with E-state index in [0.29, 0.717) is 5.41 Å². The fourth-order valence-electron chi connectivity index (χ4n) is 2.98. The first kappa shape index (κ1) is 15.3. The Kier molecular flexibility index (Phi) is 5.03. The van der Waals surface area contributed by atoms with Gasteiger partial charge in [-0.15, -0.1) is 0 Å². The average Bonchev–Trinajstić information content (AvgIpc) is 2.38. The highest BCUT2D eigenvalue weighted by Gasteiger charge is 2.28. The van der Waals surface area contributed by atoms with Gasteiger partial charge in [-0.2, -0.15) is 0 Å². The van der Waals surface area contributed by atoms with Crippen molar-refractivity contribution in [3.63, 3.8) is 0 Å². The fourth-order valence-corrected chi connectivity index (χ4v) is 2.98. The summed E-state index contributed by atoms with van der Waals surface area (Å²) in [6.07, 6.45) is 2.59. The van der Waals surface area contributed by atoms with Crippen LogP contribution in [0.4, 0.5) is 10.1 Å². The van der Waals surface area contributed by atoms with Gasteiger partial charge in [0.2, 0.25) is 0 Å². The van der Waals surface area contributed by atoms with Crippen LogP contribution in [0.15, 0.2) is 24.3 Å². The minimum absolute atomic E-state index is 0.180. The largest absolute Gasteiger partial charge is 0.384 e. The highest BCUT2D eigenvalue weighted by Crippen LogP contribution is 2.34. The Hall–Kier alpha value is -1.09. The quantitative estimate of drug-likeness (QED) is 0.895. The maximum atomic E-state index is 13.1. The van der Waals surface area contributed by atoms with Crippen molar-refractivity contribution in [3.8, 4) is 0 Å². The van der Waals surface area contributed by atoms with Crippen molar-refractivity contribution >= 4 is 5.69 Å². The average molecular weight is 278 g/mol. The summed E-state index contributed by atoms with van der Waals surface area (Å²) in [6.45, 7) is 11.3. The van der Waals surface area contributed by atoms with Gasteiger partial charge in [0.15, 0.2) is 0 Å². The van der Waals surface area contributed by atoms with E-state index in [0.717, 1.165) is 24.7 Å². The first-order chi connectivity index (χ1) is 9.45. The summed E-state index contributed by atoms with van der Waals surface area (Å²) in [4.78, 5) is 2.51. The van der Waals surface area contributed by atoms with Crippen LogP contribution >= 0.6 is 0 Å². The number of hydrogen-bond donors (Lipinski definition) is 1. The molecule has 1 heterocycles. The van der Waals surface area contributed by atoms with Crippen molar-refractivity contribution in [2.75, 3.05) is 31.5 Å². The zero-order valence-electron chi connectivity index (χ0n) is 13.0. The maximum absolute atomic E-state index is 13.1. The summed E-state index contributed by atoms with van der Waals surface area (Å²) in [5, 5.41) is 3.29. The van der Waals surface area contributed by atoms with Crippen LogP contribution in [0.25, 0.3) is 0 Å². The summed E-state index contributed by atoms with van der Waals surface area (Å²) in [5.41, 5.74) is 1.31. The lowest BCUT2D eigenvalue weighted by atomic mass is 9.75. The zero-order valence-corrected chi connectivity index (χ0v) is 13.0. The van der Waals surface area contributed by atoms with Crippen LogP contribution in [0.5, 0.6) is 0 Å². The molecule has 1 N–H and O–H groups in total. The molecule has 0 atom stereocenters. The third-order valence-corrected chi connectivity index (χ3v) is 4.39. The van der Waals surface area contributed by atoms with Crippen LogP contribution in [-0.2, 0) is 0 Å². The van der Waals surface area contributed by atoms with Gasteiger partial charge in [0.05, 0.1) is 0 Å². The van der Waals surface area contributed by atoms with Crippen molar-refractivity contribution in [3.05, 3.63) is 30.1 Å². The Morgan fingerprint density at radius 3 is 2.55 bits per heavy atom. The third-order valence-electron chi connectivity index (χ3n) is 4.39. The highest BCUT2D eigenvalue weighted by atomic mass is 19.1. The predicted octanol–water partition coefficient (Wildman–Crippen LogP) is 4.00. The molecule has 0 unspecified atom stereocenters. The van der Waals surface area contributed by atoms with Gasteiger partial charge in [-0.25, -0.2) is 4.39 Å². The second kappa shape index (κ2) is 6.57. The molecule has 1 aliphatic heterocycles. The molecular formula is C17H27FN2. The lowest BCUT2D eigenvalue weighted by Crippen LogP contribution is -2.40. The monoisotopic (exact) mass is 278 g/mol. The molecule has 0 bridgehead atoms. The summed E-state index contributed by atoms with van der Waals surface area (Å²) in [6, 6.07) is 6.68. The molecule has 1 aliphatic rings. The number of nitrogens with one attached hydrogen (secondary N) is 1. The van der Waals surface area contributed by atoms with E-state index in [1.54, 1.807) is 12.1 Å². The molecule has 0 spiro atoms. The molecule has 2 rings (SSSR count). The number of benzene rings is 1. The van der Waals surface area contributed by atoms with E-state index in [1.165, 1.54) is 32.0 Å². The van der Waals surface area contributed by atoms with Crippen LogP contribution < -0.4 is 5.32 Å². The molecular weight excluding hydrogens is 251 g/mol. The predicted molar refractivity (Wildman–Crippen MR) is 83.5 cm³/mol. The van der Waals surface area contributed by atoms with E-state index in [2.05, 4.69) is 31.0 Å². The van der Waals surface area contributed by atoms with E-state index in [4.69, 9.17) is 0 Å². The number of likely N-dealkylation sites (tertiary alicyclic amines) is 1. The molecule has 0 aliphatic carbocycles. The standard InChI is InChI=1S/C17H27FN2/c1-17(2,3)14-7-10-20(11-8-14)12-9-19-16-6-4-5-15(18)13-16/h4-6,13-14,19H,7-12H2,1-3H3. The van der Waals surface area contributed by atoms with Gasteiger partial charge in [-0.05, 0) is 55.5 Å². The second-order valence-corrected chi connectivity index (χ2v) is 6.92. The van der Waals surface area contributed by atoms with Gasteiger partial charge >= 0.3 is 0 Å². The molecule has 0 radical (unpaired) electrons. The topological polar surface area (TPSA) is 15.3 Å². The molecule has 3 heteroatoms. The second-order valence-electron chi connectivity index (χ2n) is 6.92. The van der Waals surface area contributed by atoms with E-state index in [-0.39, 0.29) is 5.82 Å². The third kappa shape index (κ3) is 4.48. The first-order valence-corrected chi connectivity index (χ1v) is 7.67. The van der Waals surface area contributed by atoms with E-state index < -0.39 is 0 Å². The number of nitrogens with zero attached hydrogens (tertiary/aromatic N) is 1. The lowest BCUT2D eigenvalue weighted by molar-refractivity contribution is 0.115. The molecule has 0 saturated carbocycles. The van der Waals surface area contributed by atoms with Gasteiger partial charge in [0.1, 0.15) is 5.82 Å². The van der Waals surface area contributed by atoms with Gasteiger partial charge in [0.25, 0.3) is 0 Å².